The smallest absolute Gasteiger partial charge is 0.263 e. The first-order valence-corrected chi connectivity index (χ1v) is 7.84. The molecule has 1 amide bonds. The van der Waals surface area contributed by atoms with Gasteiger partial charge in [0.15, 0.2) is 17.6 Å². The molecule has 2 rings (SSSR count). The van der Waals surface area contributed by atoms with Crippen LogP contribution < -0.4 is 14.8 Å². The van der Waals surface area contributed by atoms with Crippen LogP contribution >= 0.6 is 15.9 Å². The van der Waals surface area contributed by atoms with E-state index in [0.29, 0.717) is 17.9 Å². The van der Waals surface area contributed by atoms with Gasteiger partial charge in [-0.25, -0.2) is 0 Å². The summed E-state index contributed by atoms with van der Waals surface area (Å²) < 4.78 is 12.1. The van der Waals surface area contributed by atoms with Gasteiger partial charge in [0, 0.05) is 26.6 Å². The summed E-state index contributed by atoms with van der Waals surface area (Å²) in [7, 11) is 3.39. The van der Waals surface area contributed by atoms with Crippen molar-refractivity contribution in [3.05, 3.63) is 22.2 Å². The minimum absolute atomic E-state index is 0.0145. The molecule has 6 heteroatoms. The van der Waals surface area contributed by atoms with E-state index in [4.69, 9.17) is 9.47 Å². The molecule has 1 aromatic carbocycles. The second-order valence-electron chi connectivity index (χ2n) is 5.04. The molecule has 116 valence electrons. The van der Waals surface area contributed by atoms with E-state index in [9.17, 15) is 4.79 Å². The van der Waals surface area contributed by atoms with Crippen molar-refractivity contribution in [3.63, 3.8) is 0 Å². The molecule has 0 aromatic heterocycles. The van der Waals surface area contributed by atoms with E-state index in [1.54, 1.807) is 19.1 Å². The van der Waals surface area contributed by atoms with E-state index in [2.05, 4.69) is 28.2 Å². The highest BCUT2D eigenvalue weighted by Gasteiger charge is 2.32. The second kappa shape index (κ2) is 7.13. The Morgan fingerprint density at radius 3 is 2.81 bits per heavy atom. The molecule has 1 atom stereocenters. The maximum Gasteiger partial charge on any atom is 0.263 e. The van der Waals surface area contributed by atoms with Crippen LogP contribution in [0.1, 0.15) is 18.9 Å². The van der Waals surface area contributed by atoms with Crippen molar-refractivity contribution >= 4 is 21.8 Å². The molecule has 1 aliphatic heterocycles. The topological polar surface area (TPSA) is 50.8 Å². The lowest BCUT2D eigenvalue weighted by Gasteiger charge is -2.18. The van der Waals surface area contributed by atoms with Crippen LogP contribution in [0.4, 0.5) is 0 Å². The number of likely N-dealkylation sites (N-methyl/N-ethyl adjacent to an activating group) is 1. The van der Waals surface area contributed by atoms with Crippen molar-refractivity contribution in [2.75, 3.05) is 27.2 Å². The van der Waals surface area contributed by atoms with Gasteiger partial charge in [0.2, 0.25) is 0 Å². The van der Waals surface area contributed by atoms with Gasteiger partial charge in [-0.2, -0.15) is 0 Å². The number of hydrogen-bond acceptors (Lipinski definition) is 4. The van der Waals surface area contributed by atoms with Gasteiger partial charge in [-0.3, -0.25) is 4.79 Å². The Balaban J connectivity index is 2.20. The zero-order valence-electron chi connectivity index (χ0n) is 12.6. The fourth-order valence-electron chi connectivity index (χ4n) is 2.30. The van der Waals surface area contributed by atoms with Gasteiger partial charge in [-0.05, 0) is 40.2 Å². The number of amides is 1. The minimum Gasteiger partial charge on any atom is -0.493 e. The highest BCUT2D eigenvalue weighted by atomic mass is 79.9. The molecule has 1 unspecified atom stereocenters. The van der Waals surface area contributed by atoms with Crippen LogP contribution in [-0.2, 0) is 11.3 Å². The van der Waals surface area contributed by atoms with Crippen LogP contribution in [-0.4, -0.2) is 44.2 Å². The van der Waals surface area contributed by atoms with Crippen molar-refractivity contribution in [2.24, 2.45) is 0 Å². The Bertz CT molecular complexity index is 522. The lowest BCUT2D eigenvalue weighted by atomic mass is 10.2. The number of nitrogens with zero attached hydrogens (tertiary/aromatic N) is 1. The Morgan fingerprint density at radius 2 is 2.24 bits per heavy atom. The summed E-state index contributed by atoms with van der Waals surface area (Å²) in [5.41, 5.74) is 1.10. The zero-order chi connectivity index (χ0) is 15.4. The maximum atomic E-state index is 12.0. The van der Waals surface area contributed by atoms with Gasteiger partial charge in [0.25, 0.3) is 5.91 Å². The highest BCUT2D eigenvalue weighted by Crippen LogP contribution is 2.38. The predicted octanol–water partition coefficient (Wildman–Crippen LogP) is 2.18. The molecule has 0 aliphatic carbocycles. The molecule has 1 aliphatic rings. The van der Waals surface area contributed by atoms with Gasteiger partial charge in [-0.15, -0.1) is 0 Å². The van der Waals surface area contributed by atoms with Crippen LogP contribution in [0, 0.1) is 0 Å². The Labute approximate surface area is 133 Å². The van der Waals surface area contributed by atoms with E-state index in [0.717, 1.165) is 29.7 Å². The average molecular weight is 357 g/mol. The molecule has 1 N–H and O–H groups in total. The first-order valence-electron chi connectivity index (χ1n) is 7.05. The lowest BCUT2D eigenvalue weighted by Crippen LogP contribution is -2.29. The monoisotopic (exact) mass is 356 g/mol. The van der Waals surface area contributed by atoms with Gasteiger partial charge >= 0.3 is 0 Å². The first kappa shape index (κ1) is 16.1. The van der Waals surface area contributed by atoms with Gasteiger partial charge < -0.3 is 19.7 Å². The third kappa shape index (κ3) is 3.68. The standard InChI is InChI=1S/C15H21BrN2O3/c1-4-17-9-10-7-11(16)14(13(8-10)20-3)21-12-5-6-18(2)15(12)19/h7-8,12,17H,4-6,9H2,1-3H3. The van der Waals surface area contributed by atoms with E-state index in [1.165, 1.54) is 0 Å². The predicted molar refractivity (Wildman–Crippen MR) is 84.7 cm³/mol. The minimum atomic E-state index is -0.431. The molecule has 1 aromatic rings. The lowest BCUT2D eigenvalue weighted by molar-refractivity contribution is -0.132. The van der Waals surface area contributed by atoms with Crippen LogP contribution in [0.25, 0.3) is 0 Å². The zero-order valence-corrected chi connectivity index (χ0v) is 14.2. The number of hydrogen-bond donors (Lipinski definition) is 1. The van der Waals surface area contributed by atoms with Gasteiger partial charge in [0.1, 0.15) is 0 Å². The number of methoxy groups -OCH3 is 1. The molecule has 1 saturated heterocycles. The molecule has 1 fully saturated rings. The number of ether oxygens (including phenoxy) is 2. The van der Waals surface area contributed by atoms with Crippen molar-refractivity contribution < 1.29 is 14.3 Å². The molecular weight excluding hydrogens is 336 g/mol. The average Bonchev–Trinajstić information content (AvgIpc) is 2.79. The summed E-state index contributed by atoms with van der Waals surface area (Å²) in [5.74, 6) is 1.24. The molecular formula is C15H21BrN2O3. The fourth-order valence-corrected chi connectivity index (χ4v) is 2.88. The third-order valence-electron chi connectivity index (χ3n) is 3.51. The summed E-state index contributed by atoms with van der Waals surface area (Å²) in [6.07, 6.45) is 0.268. The summed E-state index contributed by atoms with van der Waals surface area (Å²) in [6.45, 7) is 4.45. The molecule has 5 nitrogen and oxygen atoms in total. The summed E-state index contributed by atoms with van der Waals surface area (Å²) in [6, 6.07) is 3.93. The fraction of sp³-hybridized carbons (Fsp3) is 0.533. The maximum absolute atomic E-state index is 12.0. The quantitative estimate of drug-likeness (QED) is 0.848. The largest absolute Gasteiger partial charge is 0.493 e. The van der Waals surface area contributed by atoms with E-state index < -0.39 is 6.10 Å². The molecule has 0 saturated carbocycles. The number of rotatable bonds is 6. The normalized spacial score (nSPS) is 18.2. The van der Waals surface area contributed by atoms with Crippen LogP contribution in [0.2, 0.25) is 0 Å². The van der Waals surface area contributed by atoms with Crippen molar-refractivity contribution in [1.29, 1.82) is 0 Å². The summed E-state index contributed by atoms with van der Waals surface area (Å²) in [4.78, 5) is 13.6. The molecule has 0 radical (unpaired) electrons. The first-order chi connectivity index (χ1) is 10.1. The summed E-state index contributed by atoms with van der Waals surface area (Å²) in [5, 5.41) is 3.27. The highest BCUT2D eigenvalue weighted by molar-refractivity contribution is 9.10. The Kier molecular flexibility index (Phi) is 5.47. The van der Waals surface area contributed by atoms with E-state index in [1.807, 2.05) is 12.1 Å². The van der Waals surface area contributed by atoms with Gasteiger partial charge in [0.05, 0.1) is 11.6 Å². The number of carbonyl (C=O) groups excluding carboxylic acids is 1. The van der Waals surface area contributed by atoms with Crippen molar-refractivity contribution in [3.8, 4) is 11.5 Å². The number of halogens is 1. The van der Waals surface area contributed by atoms with E-state index >= 15 is 0 Å². The number of benzene rings is 1. The SMILES string of the molecule is CCNCc1cc(Br)c(OC2CCN(C)C2=O)c(OC)c1. The van der Waals surface area contributed by atoms with Crippen molar-refractivity contribution in [2.45, 2.75) is 26.0 Å². The molecule has 0 bridgehead atoms. The third-order valence-corrected chi connectivity index (χ3v) is 4.10. The summed E-state index contributed by atoms with van der Waals surface area (Å²) >= 11 is 3.52. The second-order valence-corrected chi connectivity index (χ2v) is 5.90. The molecule has 1 heterocycles. The molecule has 0 spiro atoms. The number of carbonyl (C=O) groups is 1. The Morgan fingerprint density at radius 1 is 1.48 bits per heavy atom. The van der Waals surface area contributed by atoms with Gasteiger partial charge in [-0.1, -0.05) is 6.92 Å². The number of nitrogens with one attached hydrogen (secondary N) is 1. The van der Waals surface area contributed by atoms with Crippen LogP contribution in [0.3, 0.4) is 0 Å². The van der Waals surface area contributed by atoms with Crippen molar-refractivity contribution in [1.82, 2.24) is 10.2 Å². The Hall–Kier alpha value is -1.27. The van der Waals surface area contributed by atoms with E-state index in [-0.39, 0.29) is 5.91 Å². The van der Waals surface area contributed by atoms with Crippen LogP contribution in [0.5, 0.6) is 11.5 Å². The molecule has 21 heavy (non-hydrogen) atoms. The number of likely N-dealkylation sites (tertiary alicyclic amines) is 1. The van der Waals surface area contributed by atoms with Crippen LogP contribution in [0.15, 0.2) is 16.6 Å².